The summed E-state index contributed by atoms with van der Waals surface area (Å²) in [6.45, 7) is 0.254. The minimum Gasteiger partial charge on any atom is -0.485 e. The van der Waals surface area contributed by atoms with Gasteiger partial charge < -0.3 is 15.0 Å². The average Bonchev–Trinajstić information content (AvgIpc) is 2.98. The smallest absolute Gasteiger partial charge is 0.258 e. The first-order valence-corrected chi connectivity index (χ1v) is 7.07. The van der Waals surface area contributed by atoms with E-state index in [1.807, 2.05) is 42.5 Å². The summed E-state index contributed by atoms with van der Waals surface area (Å²) in [5.74, 6) is 1.68. The van der Waals surface area contributed by atoms with Crippen molar-refractivity contribution in [3.8, 4) is 17.2 Å². The number of rotatable bonds is 4. The van der Waals surface area contributed by atoms with Gasteiger partial charge in [-0.3, -0.25) is 0 Å². The Morgan fingerprint density at radius 2 is 1.95 bits per heavy atom. The van der Waals surface area contributed by atoms with Gasteiger partial charge in [0, 0.05) is 15.7 Å². The lowest BCUT2D eigenvalue weighted by molar-refractivity contribution is 0.287. The number of nitrogens with two attached hydrogens (primary N) is 1. The molecule has 0 unspecified atom stereocenters. The molecule has 0 atom stereocenters. The van der Waals surface area contributed by atoms with Gasteiger partial charge in [-0.25, -0.2) is 0 Å². The molecule has 0 spiro atoms. The number of para-hydroxylation sites is 1. The Morgan fingerprint density at radius 3 is 2.71 bits per heavy atom. The van der Waals surface area contributed by atoms with E-state index in [0.717, 1.165) is 15.8 Å². The Morgan fingerprint density at radius 1 is 1.14 bits per heavy atom. The molecule has 0 aliphatic heterocycles. The Hall–Kier alpha value is -2.34. The molecule has 5 nitrogen and oxygen atoms in total. The van der Waals surface area contributed by atoms with Crippen LogP contribution in [0.2, 0.25) is 0 Å². The Kier molecular flexibility index (Phi) is 3.87. The van der Waals surface area contributed by atoms with Crippen molar-refractivity contribution in [3.05, 3.63) is 58.8 Å². The fourth-order valence-corrected chi connectivity index (χ4v) is 2.13. The van der Waals surface area contributed by atoms with Crippen molar-refractivity contribution in [2.24, 2.45) is 0 Å². The van der Waals surface area contributed by atoms with Crippen LogP contribution in [0.1, 0.15) is 5.82 Å². The van der Waals surface area contributed by atoms with Crippen LogP contribution in [-0.2, 0) is 6.61 Å². The molecule has 0 bridgehead atoms. The highest BCUT2D eigenvalue weighted by molar-refractivity contribution is 9.10. The van der Waals surface area contributed by atoms with Gasteiger partial charge in [0.1, 0.15) is 5.75 Å². The number of anilines is 1. The van der Waals surface area contributed by atoms with Crippen LogP contribution in [0.5, 0.6) is 5.75 Å². The maximum absolute atomic E-state index is 5.75. The number of ether oxygens (including phenoxy) is 1. The van der Waals surface area contributed by atoms with E-state index in [-0.39, 0.29) is 6.61 Å². The fraction of sp³-hybridized carbons (Fsp3) is 0.0667. The van der Waals surface area contributed by atoms with E-state index in [0.29, 0.717) is 17.4 Å². The third-order valence-electron chi connectivity index (χ3n) is 2.83. The van der Waals surface area contributed by atoms with Crippen molar-refractivity contribution in [2.45, 2.75) is 6.61 Å². The fourth-order valence-electron chi connectivity index (χ4n) is 1.75. The summed E-state index contributed by atoms with van der Waals surface area (Å²) < 4.78 is 11.6. The second-order valence-corrected chi connectivity index (χ2v) is 5.21. The van der Waals surface area contributed by atoms with E-state index >= 15 is 0 Å². The SMILES string of the molecule is Nc1ccc(-c2nc(COc3ccccc3)no2)cc1Br. The van der Waals surface area contributed by atoms with Crippen LogP contribution in [0.25, 0.3) is 11.5 Å². The summed E-state index contributed by atoms with van der Waals surface area (Å²) in [6.07, 6.45) is 0. The van der Waals surface area contributed by atoms with Gasteiger partial charge in [-0.2, -0.15) is 4.98 Å². The van der Waals surface area contributed by atoms with Crippen molar-refractivity contribution in [2.75, 3.05) is 5.73 Å². The zero-order chi connectivity index (χ0) is 14.7. The van der Waals surface area contributed by atoms with E-state index in [1.165, 1.54) is 0 Å². The molecule has 2 N–H and O–H groups in total. The van der Waals surface area contributed by atoms with Crippen molar-refractivity contribution >= 4 is 21.6 Å². The average molecular weight is 346 g/mol. The Bertz CT molecular complexity index is 744. The van der Waals surface area contributed by atoms with Crippen LogP contribution >= 0.6 is 15.9 Å². The van der Waals surface area contributed by atoms with Crippen molar-refractivity contribution in [3.63, 3.8) is 0 Å². The van der Waals surface area contributed by atoms with Gasteiger partial charge >= 0.3 is 0 Å². The van der Waals surface area contributed by atoms with Crippen molar-refractivity contribution < 1.29 is 9.26 Å². The highest BCUT2D eigenvalue weighted by atomic mass is 79.9. The number of nitrogens with zero attached hydrogens (tertiary/aromatic N) is 2. The minimum absolute atomic E-state index is 0.254. The van der Waals surface area contributed by atoms with Gasteiger partial charge in [0.25, 0.3) is 5.89 Å². The number of aromatic nitrogens is 2. The molecule has 3 rings (SSSR count). The van der Waals surface area contributed by atoms with Crippen molar-refractivity contribution in [1.82, 2.24) is 10.1 Å². The molecule has 0 radical (unpaired) electrons. The van der Waals surface area contributed by atoms with Gasteiger partial charge in [0.15, 0.2) is 6.61 Å². The molecule has 0 aliphatic carbocycles. The predicted molar refractivity (Wildman–Crippen MR) is 82.6 cm³/mol. The molecular weight excluding hydrogens is 334 g/mol. The molecule has 106 valence electrons. The topological polar surface area (TPSA) is 74.2 Å². The van der Waals surface area contributed by atoms with E-state index in [1.54, 1.807) is 6.07 Å². The summed E-state index contributed by atoms with van der Waals surface area (Å²) in [6, 6.07) is 14.9. The molecule has 3 aromatic rings. The normalized spacial score (nSPS) is 10.5. The van der Waals surface area contributed by atoms with E-state index in [2.05, 4.69) is 26.1 Å². The number of halogens is 1. The zero-order valence-electron chi connectivity index (χ0n) is 11.0. The van der Waals surface area contributed by atoms with Crippen LogP contribution in [0.4, 0.5) is 5.69 Å². The van der Waals surface area contributed by atoms with Crippen molar-refractivity contribution in [1.29, 1.82) is 0 Å². The van der Waals surface area contributed by atoms with Gasteiger partial charge in [-0.05, 0) is 46.3 Å². The molecule has 1 heterocycles. The first kappa shape index (κ1) is 13.6. The Balaban J connectivity index is 1.72. The monoisotopic (exact) mass is 345 g/mol. The van der Waals surface area contributed by atoms with Gasteiger partial charge in [-0.15, -0.1) is 0 Å². The lowest BCUT2D eigenvalue weighted by atomic mass is 10.2. The predicted octanol–water partition coefficient (Wildman–Crippen LogP) is 3.66. The number of nitrogen functional groups attached to an aromatic ring is 1. The number of hydrogen-bond acceptors (Lipinski definition) is 5. The summed E-state index contributed by atoms with van der Waals surface area (Å²) in [7, 11) is 0. The van der Waals surface area contributed by atoms with Crippen LogP contribution in [0.15, 0.2) is 57.5 Å². The standard InChI is InChI=1S/C15H12BrN3O2/c16-12-8-10(6-7-13(12)17)15-18-14(19-21-15)9-20-11-4-2-1-3-5-11/h1-8H,9,17H2. The van der Waals surface area contributed by atoms with E-state index in [4.69, 9.17) is 15.0 Å². The third kappa shape index (κ3) is 3.22. The summed E-state index contributed by atoms with van der Waals surface area (Å²) in [4.78, 5) is 4.30. The third-order valence-corrected chi connectivity index (χ3v) is 3.51. The lowest BCUT2D eigenvalue weighted by Crippen LogP contribution is -1.97. The lowest BCUT2D eigenvalue weighted by Gasteiger charge is -2.01. The molecule has 0 saturated carbocycles. The number of benzene rings is 2. The molecule has 0 fully saturated rings. The summed E-state index contributed by atoms with van der Waals surface area (Å²) >= 11 is 3.37. The minimum atomic E-state index is 0.254. The first-order chi connectivity index (χ1) is 10.2. The van der Waals surface area contributed by atoms with Crippen LogP contribution in [0.3, 0.4) is 0 Å². The highest BCUT2D eigenvalue weighted by Gasteiger charge is 2.10. The molecule has 1 aromatic heterocycles. The van der Waals surface area contributed by atoms with E-state index in [9.17, 15) is 0 Å². The second-order valence-electron chi connectivity index (χ2n) is 4.35. The largest absolute Gasteiger partial charge is 0.485 e. The maximum atomic E-state index is 5.75. The molecule has 6 heteroatoms. The molecule has 0 aliphatic rings. The summed E-state index contributed by atoms with van der Waals surface area (Å²) in [5, 5.41) is 3.90. The van der Waals surface area contributed by atoms with Gasteiger partial charge in [0.05, 0.1) is 0 Å². The Labute approximate surface area is 129 Å². The van der Waals surface area contributed by atoms with Crippen LogP contribution in [0, 0.1) is 0 Å². The first-order valence-electron chi connectivity index (χ1n) is 6.28. The maximum Gasteiger partial charge on any atom is 0.258 e. The van der Waals surface area contributed by atoms with E-state index < -0.39 is 0 Å². The molecular formula is C15H12BrN3O2. The van der Waals surface area contributed by atoms with Gasteiger partial charge in [0.2, 0.25) is 5.82 Å². The zero-order valence-corrected chi connectivity index (χ0v) is 12.6. The molecule has 2 aromatic carbocycles. The summed E-state index contributed by atoms with van der Waals surface area (Å²) in [5.41, 5.74) is 7.21. The molecule has 21 heavy (non-hydrogen) atoms. The second kappa shape index (κ2) is 5.97. The molecule has 0 amide bonds. The van der Waals surface area contributed by atoms with Gasteiger partial charge in [-0.1, -0.05) is 23.4 Å². The molecule has 0 saturated heterocycles. The highest BCUT2D eigenvalue weighted by Crippen LogP contribution is 2.26. The quantitative estimate of drug-likeness (QED) is 0.730. The van der Waals surface area contributed by atoms with Crippen LogP contribution < -0.4 is 10.5 Å². The van der Waals surface area contributed by atoms with Crippen LogP contribution in [-0.4, -0.2) is 10.1 Å². The number of hydrogen-bond donors (Lipinski definition) is 1.